The number of halogens is 1. The van der Waals surface area contributed by atoms with Gasteiger partial charge in [-0.25, -0.2) is 0 Å². The summed E-state index contributed by atoms with van der Waals surface area (Å²) in [7, 11) is 0. The topological polar surface area (TPSA) is 68.5 Å². The molecule has 7 heteroatoms. The standard InChI is InChI=1S/C26H24ClN3O3/c1-19(20-8-4-2-5-9-20)30(25(31)18-32-23-14-12-22(27)13-15-23)17-16-24-28-26(29-33-24)21-10-6-3-7-11-21/h2-15,19H,16-18H2,1H3. The van der Waals surface area contributed by atoms with Gasteiger partial charge in [-0.1, -0.05) is 77.4 Å². The molecule has 0 aliphatic heterocycles. The Bertz CT molecular complexity index is 1160. The van der Waals surface area contributed by atoms with E-state index in [2.05, 4.69) is 10.1 Å². The van der Waals surface area contributed by atoms with E-state index in [9.17, 15) is 4.79 Å². The van der Waals surface area contributed by atoms with Crippen LogP contribution >= 0.6 is 11.6 Å². The molecule has 1 heterocycles. The highest BCUT2D eigenvalue weighted by Crippen LogP contribution is 2.22. The highest BCUT2D eigenvalue weighted by atomic mass is 35.5. The third-order valence-electron chi connectivity index (χ3n) is 5.31. The number of ether oxygens (including phenoxy) is 1. The van der Waals surface area contributed by atoms with Crippen LogP contribution in [-0.4, -0.2) is 34.1 Å². The first-order valence-electron chi connectivity index (χ1n) is 10.7. The second-order valence-corrected chi connectivity index (χ2v) is 7.98. The van der Waals surface area contributed by atoms with Crippen LogP contribution in [0.5, 0.6) is 5.75 Å². The Morgan fingerprint density at radius 3 is 2.36 bits per heavy atom. The molecule has 0 N–H and O–H groups in total. The third-order valence-corrected chi connectivity index (χ3v) is 5.56. The van der Waals surface area contributed by atoms with E-state index in [-0.39, 0.29) is 18.6 Å². The largest absolute Gasteiger partial charge is 0.484 e. The van der Waals surface area contributed by atoms with Crippen LogP contribution < -0.4 is 4.74 Å². The van der Waals surface area contributed by atoms with Crippen molar-refractivity contribution in [3.8, 4) is 17.1 Å². The molecule has 168 valence electrons. The van der Waals surface area contributed by atoms with Crippen molar-refractivity contribution in [1.29, 1.82) is 0 Å². The van der Waals surface area contributed by atoms with Gasteiger partial charge in [0, 0.05) is 23.6 Å². The van der Waals surface area contributed by atoms with Gasteiger partial charge in [-0.2, -0.15) is 4.98 Å². The number of carbonyl (C=O) groups is 1. The molecule has 3 aromatic carbocycles. The highest BCUT2D eigenvalue weighted by Gasteiger charge is 2.23. The molecule has 0 saturated carbocycles. The normalized spacial score (nSPS) is 11.7. The maximum absolute atomic E-state index is 13.2. The van der Waals surface area contributed by atoms with Crippen LogP contribution in [0.2, 0.25) is 5.02 Å². The quantitative estimate of drug-likeness (QED) is 0.324. The van der Waals surface area contributed by atoms with Crippen molar-refractivity contribution in [2.45, 2.75) is 19.4 Å². The molecule has 33 heavy (non-hydrogen) atoms. The van der Waals surface area contributed by atoms with Crippen molar-refractivity contribution in [2.75, 3.05) is 13.2 Å². The predicted molar refractivity (Wildman–Crippen MR) is 127 cm³/mol. The lowest BCUT2D eigenvalue weighted by molar-refractivity contribution is -0.135. The average molecular weight is 462 g/mol. The smallest absolute Gasteiger partial charge is 0.261 e. The monoisotopic (exact) mass is 461 g/mol. The van der Waals surface area contributed by atoms with Gasteiger partial charge in [0.1, 0.15) is 5.75 Å². The Balaban J connectivity index is 1.46. The molecule has 0 saturated heterocycles. The van der Waals surface area contributed by atoms with E-state index in [1.807, 2.05) is 67.6 Å². The fourth-order valence-electron chi connectivity index (χ4n) is 3.48. The van der Waals surface area contributed by atoms with Gasteiger partial charge in [0.2, 0.25) is 11.7 Å². The van der Waals surface area contributed by atoms with Gasteiger partial charge in [0.15, 0.2) is 6.61 Å². The molecule has 0 radical (unpaired) electrons. The first-order chi connectivity index (χ1) is 16.1. The van der Waals surface area contributed by atoms with Crippen molar-refractivity contribution >= 4 is 17.5 Å². The van der Waals surface area contributed by atoms with E-state index < -0.39 is 0 Å². The molecule has 1 aromatic heterocycles. The minimum absolute atomic E-state index is 0.0854. The number of amides is 1. The summed E-state index contributed by atoms with van der Waals surface area (Å²) in [4.78, 5) is 19.4. The van der Waals surface area contributed by atoms with E-state index >= 15 is 0 Å². The Morgan fingerprint density at radius 2 is 1.67 bits per heavy atom. The van der Waals surface area contributed by atoms with Crippen LogP contribution in [0.4, 0.5) is 0 Å². The maximum Gasteiger partial charge on any atom is 0.261 e. The van der Waals surface area contributed by atoms with Crippen LogP contribution in [0.15, 0.2) is 89.5 Å². The van der Waals surface area contributed by atoms with Crippen molar-refractivity contribution in [1.82, 2.24) is 15.0 Å². The zero-order valence-corrected chi connectivity index (χ0v) is 19.0. The second-order valence-electron chi connectivity index (χ2n) is 7.54. The van der Waals surface area contributed by atoms with E-state index in [1.165, 1.54) is 0 Å². The van der Waals surface area contributed by atoms with E-state index in [0.29, 0.717) is 35.5 Å². The van der Waals surface area contributed by atoms with Crippen molar-refractivity contribution in [3.63, 3.8) is 0 Å². The lowest BCUT2D eigenvalue weighted by Crippen LogP contribution is -2.38. The van der Waals surface area contributed by atoms with Crippen LogP contribution in [-0.2, 0) is 11.2 Å². The molecule has 4 aromatic rings. The third kappa shape index (κ3) is 5.99. The fraction of sp³-hybridized carbons (Fsp3) is 0.192. The van der Waals surface area contributed by atoms with Crippen LogP contribution in [0, 0.1) is 0 Å². The summed E-state index contributed by atoms with van der Waals surface area (Å²) < 4.78 is 11.1. The molecule has 1 atom stereocenters. The predicted octanol–water partition coefficient (Wildman–Crippen LogP) is 5.60. The van der Waals surface area contributed by atoms with Crippen molar-refractivity contribution < 1.29 is 14.1 Å². The second kappa shape index (κ2) is 10.8. The number of nitrogens with zero attached hydrogens (tertiary/aromatic N) is 3. The van der Waals surface area contributed by atoms with Gasteiger partial charge >= 0.3 is 0 Å². The van der Waals surface area contributed by atoms with Gasteiger partial charge < -0.3 is 14.2 Å². The van der Waals surface area contributed by atoms with Crippen LogP contribution in [0.25, 0.3) is 11.4 Å². The summed E-state index contributed by atoms with van der Waals surface area (Å²) in [5.74, 6) is 1.46. The molecular formula is C26H24ClN3O3. The number of benzene rings is 3. The van der Waals surface area contributed by atoms with Crippen molar-refractivity contribution in [3.05, 3.63) is 101 Å². The summed E-state index contributed by atoms with van der Waals surface area (Å²) in [6, 6.07) is 26.3. The number of hydrogen-bond acceptors (Lipinski definition) is 5. The zero-order chi connectivity index (χ0) is 23.0. The molecule has 1 unspecified atom stereocenters. The average Bonchev–Trinajstić information content (AvgIpc) is 3.34. The first-order valence-corrected chi connectivity index (χ1v) is 11.1. The Labute approximate surface area is 197 Å². The number of rotatable bonds is 9. The van der Waals surface area contributed by atoms with Gasteiger partial charge in [0.05, 0.1) is 6.04 Å². The van der Waals surface area contributed by atoms with Gasteiger partial charge in [-0.15, -0.1) is 0 Å². The summed E-state index contributed by atoms with van der Waals surface area (Å²) in [6.07, 6.45) is 0.434. The van der Waals surface area contributed by atoms with E-state index in [0.717, 1.165) is 11.1 Å². The summed E-state index contributed by atoms with van der Waals surface area (Å²) in [5.41, 5.74) is 1.92. The minimum Gasteiger partial charge on any atom is -0.484 e. The Kier molecular flexibility index (Phi) is 7.37. The highest BCUT2D eigenvalue weighted by molar-refractivity contribution is 6.30. The lowest BCUT2D eigenvalue weighted by Gasteiger charge is -2.29. The summed E-state index contributed by atoms with van der Waals surface area (Å²) >= 11 is 5.92. The van der Waals surface area contributed by atoms with Crippen molar-refractivity contribution in [2.24, 2.45) is 0 Å². The van der Waals surface area contributed by atoms with Gasteiger partial charge in [-0.3, -0.25) is 4.79 Å². The van der Waals surface area contributed by atoms with Gasteiger partial charge in [0.25, 0.3) is 5.91 Å². The Hall–Kier alpha value is -3.64. The fourth-order valence-corrected chi connectivity index (χ4v) is 3.61. The summed E-state index contributed by atoms with van der Waals surface area (Å²) in [5, 5.41) is 4.68. The zero-order valence-electron chi connectivity index (χ0n) is 18.2. The number of carbonyl (C=O) groups excluding carboxylic acids is 1. The van der Waals surface area contributed by atoms with Crippen LogP contribution in [0.3, 0.4) is 0 Å². The summed E-state index contributed by atoms with van der Waals surface area (Å²) in [6.45, 7) is 2.33. The molecule has 4 rings (SSSR count). The molecule has 0 spiro atoms. The Morgan fingerprint density at radius 1 is 1.00 bits per heavy atom. The molecule has 1 amide bonds. The first kappa shape index (κ1) is 22.6. The molecule has 0 bridgehead atoms. The molecular weight excluding hydrogens is 438 g/mol. The maximum atomic E-state index is 13.2. The van der Waals surface area contributed by atoms with Gasteiger partial charge in [-0.05, 0) is 36.8 Å². The van der Waals surface area contributed by atoms with E-state index in [4.69, 9.17) is 20.9 Å². The molecule has 0 aliphatic rings. The molecule has 6 nitrogen and oxygen atoms in total. The molecule has 0 aliphatic carbocycles. The lowest BCUT2D eigenvalue weighted by atomic mass is 10.1. The number of aromatic nitrogens is 2. The number of hydrogen-bond donors (Lipinski definition) is 0. The SMILES string of the molecule is CC(c1ccccc1)N(CCc1nc(-c2ccccc2)no1)C(=O)COc1ccc(Cl)cc1. The van der Waals surface area contributed by atoms with Crippen LogP contribution in [0.1, 0.15) is 24.4 Å². The molecule has 0 fully saturated rings. The van der Waals surface area contributed by atoms with E-state index in [1.54, 1.807) is 29.2 Å². The minimum atomic E-state index is -0.149.